The first-order valence-corrected chi connectivity index (χ1v) is 5.97. The number of esters is 1. The number of rotatable bonds is 3. The van der Waals surface area contributed by atoms with Crippen molar-refractivity contribution in [2.75, 3.05) is 12.8 Å². The molecule has 2 rings (SSSR count). The molecular weight excluding hydrogens is 258 g/mol. The van der Waals surface area contributed by atoms with Crippen molar-refractivity contribution in [2.45, 2.75) is 13.8 Å². The van der Waals surface area contributed by atoms with Crippen LogP contribution in [-0.2, 0) is 4.74 Å². The molecule has 0 saturated heterocycles. The first kappa shape index (κ1) is 13.8. The van der Waals surface area contributed by atoms with Gasteiger partial charge in [-0.25, -0.2) is 9.78 Å². The smallest absolute Gasteiger partial charge is 0.376 e. The molecule has 1 aromatic heterocycles. The molecule has 104 valence electrons. The van der Waals surface area contributed by atoms with Gasteiger partial charge in [-0.1, -0.05) is 6.07 Å². The molecule has 0 aliphatic carbocycles. The second-order valence-electron chi connectivity index (χ2n) is 4.31. The number of benzene rings is 1. The fourth-order valence-electron chi connectivity index (χ4n) is 1.62. The number of aromatic nitrogens is 2. The molecule has 2 N–H and O–H groups in total. The average Bonchev–Trinajstić information content (AvgIpc) is 2.41. The van der Waals surface area contributed by atoms with Crippen molar-refractivity contribution in [2.24, 2.45) is 0 Å². The molecule has 1 heterocycles. The van der Waals surface area contributed by atoms with Gasteiger partial charge in [0, 0.05) is 11.8 Å². The van der Waals surface area contributed by atoms with E-state index < -0.39 is 5.97 Å². The van der Waals surface area contributed by atoms with Crippen molar-refractivity contribution in [3.63, 3.8) is 0 Å². The van der Waals surface area contributed by atoms with E-state index >= 15 is 0 Å². The van der Waals surface area contributed by atoms with E-state index in [0.717, 1.165) is 5.56 Å². The maximum absolute atomic E-state index is 11.5. The highest BCUT2D eigenvalue weighted by atomic mass is 16.5. The van der Waals surface area contributed by atoms with Gasteiger partial charge in [0.1, 0.15) is 0 Å². The molecule has 0 saturated carbocycles. The Labute approximate surface area is 116 Å². The van der Waals surface area contributed by atoms with E-state index in [0.29, 0.717) is 17.1 Å². The molecule has 2 aromatic rings. The molecule has 6 nitrogen and oxygen atoms in total. The van der Waals surface area contributed by atoms with Crippen LogP contribution in [0.25, 0.3) is 0 Å². The fraction of sp³-hybridized carbons (Fsp3) is 0.214. The molecule has 1 aromatic carbocycles. The van der Waals surface area contributed by atoms with Gasteiger partial charge in [0.2, 0.25) is 11.7 Å². The zero-order valence-electron chi connectivity index (χ0n) is 11.5. The third-order valence-corrected chi connectivity index (χ3v) is 2.58. The fourth-order valence-corrected chi connectivity index (χ4v) is 1.62. The summed E-state index contributed by atoms with van der Waals surface area (Å²) >= 11 is 0. The molecular formula is C14H15N3O3. The van der Waals surface area contributed by atoms with Gasteiger partial charge in [-0.2, -0.15) is 4.98 Å². The van der Waals surface area contributed by atoms with Crippen molar-refractivity contribution in [1.29, 1.82) is 0 Å². The van der Waals surface area contributed by atoms with Gasteiger partial charge in [0.05, 0.1) is 12.8 Å². The summed E-state index contributed by atoms with van der Waals surface area (Å²) in [5.41, 5.74) is 7.94. The number of aryl methyl sites for hydroxylation is 2. The molecule has 20 heavy (non-hydrogen) atoms. The predicted molar refractivity (Wildman–Crippen MR) is 73.8 cm³/mol. The van der Waals surface area contributed by atoms with Crippen molar-refractivity contribution < 1.29 is 14.3 Å². The molecule has 0 unspecified atom stereocenters. The van der Waals surface area contributed by atoms with Crippen LogP contribution >= 0.6 is 0 Å². The Hall–Kier alpha value is -2.63. The summed E-state index contributed by atoms with van der Waals surface area (Å²) in [7, 11) is 1.27. The van der Waals surface area contributed by atoms with E-state index in [1.54, 1.807) is 25.1 Å². The van der Waals surface area contributed by atoms with Crippen LogP contribution in [0.4, 0.5) is 5.69 Å². The van der Waals surface area contributed by atoms with Gasteiger partial charge in [0.25, 0.3) is 0 Å². The van der Waals surface area contributed by atoms with Crippen LogP contribution in [0.2, 0.25) is 0 Å². The van der Waals surface area contributed by atoms with E-state index in [2.05, 4.69) is 14.7 Å². The number of nitrogens with two attached hydrogens (primary N) is 1. The van der Waals surface area contributed by atoms with Gasteiger partial charge in [-0.05, 0) is 31.5 Å². The highest BCUT2D eigenvalue weighted by molar-refractivity contribution is 5.85. The van der Waals surface area contributed by atoms with E-state index in [-0.39, 0.29) is 11.7 Å². The van der Waals surface area contributed by atoms with Gasteiger partial charge >= 0.3 is 5.97 Å². The molecule has 0 spiro atoms. The van der Waals surface area contributed by atoms with E-state index in [1.165, 1.54) is 7.11 Å². The summed E-state index contributed by atoms with van der Waals surface area (Å²) < 4.78 is 10.2. The quantitative estimate of drug-likeness (QED) is 0.681. The lowest BCUT2D eigenvalue weighted by molar-refractivity contribution is 0.0585. The second kappa shape index (κ2) is 5.56. The molecule has 0 amide bonds. The number of methoxy groups -OCH3 is 1. The number of carbonyl (C=O) groups is 1. The second-order valence-corrected chi connectivity index (χ2v) is 4.31. The normalized spacial score (nSPS) is 10.2. The number of ether oxygens (including phenoxy) is 2. The summed E-state index contributed by atoms with van der Waals surface area (Å²) in [6.45, 7) is 3.66. The van der Waals surface area contributed by atoms with Crippen LogP contribution in [-0.4, -0.2) is 23.0 Å². The predicted octanol–water partition coefficient (Wildman–Crippen LogP) is 2.25. The standard InChI is InChI=1S/C14H15N3O3/c1-8-4-5-10(15)11(6-8)20-12-7-9(2)16-13(17-12)14(18)19-3/h4-7H,15H2,1-3H3. The highest BCUT2D eigenvalue weighted by Crippen LogP contribution is 2.27. The van der Waals surface area contributed by atoms with E-state index in [4.69, 9.17) is 10.5 Å². The molecule has 0 aliphatic rings. The maximum atomic E-state index is 11.5. The Kier molecular flexibility index (Phi) is 3.84. The van der Waals surface area contributed by atoms with Gasteiger partial charge in [-0.15, -0.1) is 0 Å². The average molecular weight is 273 g/mol. The Morgan fingerprint density at radius 2 is 1.95 bits per heavy atom. The SMILES string of the molecule is COC(=O)c1nc(C)cc(Oc2cc(C)ccc2N)n1. The molecule has 0 atom stereocenters. The lowest BCUT2D eigenvalue weighted by Crippen LogP contribution is -2.09. The van der Waals surface area contributed by atoms with Crippen molar-refractivity contribution in [1.82, 2.24) is 9.97 Å². The van der Waals surface area contributed by atoms with Crippen molar-refractivity contribution in [3.05, 3.63) is 41.3 Å². The first-order valence-electron chi connectivity index (χ1n) is 5.97. The lowest BCUT2D eigenvalue weighted by Gasteiger charge is -2.09. The largest absolute Gasteiger partial charge is 0.463 e. The van der Waals surface area contributed by atoms with Crippen LogP contribution in [0.5, 0.6) is 11.6 Å². The monoisotopic (exact) mass is 273 g/mol. The van der Waals surface area contributed by atoms with Crippen LogP contribution in [0.15, 0.2) is 24.3 Å². The van der Waals surface area contributed by atoms with Crippen molar-refractivity contribution >= 4 is 11.7 Å². The van der Waals surface area contributed by atoms with Crippen LogP contribution in [0, 0.1) is 13.8 Å². The summed E-state index contributed by atoms with van der Waals surface area (Å²) in [4.78, 5) is 19.5. The minimum absolute atomic E-state index is 0.0475. The summed E-state index contributed by atoms with van der Waals surface area (Å²) in [6.07, 6.45) is 0. The molecule has 0 bridgehead atoms. The number of nitrogen functional groups attached to an aromatic ring is 1. The molecule has 0 aliphatic heterocycles. The Morgan fingerprint density at radius 3 is 2.65 bits per heavy atom. The molecule has 6 heteroatoms. The van der Waals surface area contributed by atoms with Crippen LogP contribution in [0.1, 0.15) is 21.9 Å². The zero-order chi connectivity index (χ0) is 14.7. The minimum atomic E-state index is -0.615. The van der Waals surface area contributed by atoms with Crippen LogP contribution < -0.4 is 10.5 Å². The van der Waals surface area contributed by atoms with Crippen LogP contribution in [0.3, 0.4) is 0 Å². The van der Waals surface area contributed by atoms with Gasteiger partial charge in [-0.3, -0.25) is 0 Å². The third kappa shape index (κ3) is 3.03. The zero-order valence-corrected chi connectivity index (χ0v) is 11.5. The lowest BCUT2D eigenvalue weighted by atomic mass is 10.2. The summed E-state index contributed by atoms with van der Waals surface area (Å²) in [5.74, 6) is 0.0682. The topological polar surface area (TPSA) is 87.3 Å². The summed E-state index contributed by atoms with van der Waals surface area (Å²) in [6, 6.07) is 7.05. The number of nitrogens with zero attached hydrogens (tertiary/aromatic N) is 2. The number of hydrogen-bond acceptors (Lipinski definition) is 6. The van der Waals surface area contributed by atoms with Gasteiger partial charge in [0.15, 0.2) is 5.75 Å². The molecule has 0 radical (unpaired) electrons. The highest BCUT2D eigenvalue weighted by Gasteiger charge is 2.13. The number of carbonyl (C=O) groups excluding carboxylic acids is 1. The van der Waals surface area contributed by atoms with E-state index in [9.17, 15) is 4.79 Å². The Morgan fingerprint density at radius 1 is 1.20 bits per heavy atom. The number of anilines is 1. The molecule has 0 fully saturated rings. The number of hydrogen-bond donors (Lipinski definition) is 1. The maximum Gasteiger partial charge on any atom is 0.376 e. The Bertz CT molecular complexity index is 656. The van der Waals surface area contributed by atoms with Gasteiger partial charge < -0.3 is 15.2 Å². The summed E-state index contributed by atoms with van der Waals surface area (Å²) in [5, 5.41) is 0. The van der Waals surface area contributed by atoms with Crippen molar-refractivity contribution in [3.8, 4) is 11.6 Å². The Balaban J connectivity index is 2.36. The minimum Gasteiger partial charge on any atom is -0.463 e. The van der Waals surface area contributed by atoms with E-state index in [1.807, 2.05) is 13.0 Å². The third-order valence-electron chi connectivity index (χ3n) is 2.58. The first-order chi connectivity index (χ1) is 9.49.